The van der Waals surface area contributed by atoms with E-state index < -0.39 is 0 Å². The first-order valence-electron chi connectivity index (χ1n) is 11.0. The molecule has 172 valence electrons. The van der Waals surface area contributed by atoms with Gasteiger partial charge in [-0.15, -0.1) is 10.2 Å². The van der Waals surface area contributed by atoms with E-state index in [4.69, 9.17) is 11.6 Å². The van der Waals surface area contributed by atoms with Crippen molar-refractivity contribution in [1.82, 2.24) is 20.2 Å². The number of hydrogen-bond donors (Lipinski definition) is 2. The van der Waals surface area contributed by atoms with Gasteiger partial charge in [-0.2, -0.15) is 5.10 Å². The van der Waals surface area contributed by atoms with E-state index in [1.54, 1.807) is 25.1 Å². The smallest absolute Gasteiger partial charge is 0.250 e. The van der Waals surface area contributed by atoms with E-state index >= 15 is 0 Å². The summed E-state index contributed by atoms with van der Waals surface area (Å²) >= 11 is 7.41. The predicted molar refractivity (Wildman–Crippen MR) is 132 cm³/mol. The number of nitrogens with one attached hydrogen (secondary N) is 1. The highest BCUT2D eigenvalue weighted by molar-refractivity contribution is 7.99. The zero-order valence-corrected chi connectivity index (χ0v) is 19.9. The molecule has 0 radical (unpaired) electrons. The number of benzene rings is 2. The van der Waals surface area contributed by atoms with Crippen LogP contribution in [0.5, 0.6) is 5.75 Å². The molecule has 0 atom stereocenters. The Morgan fingerprint density at radius 1 is 1.15 bits per heavy atom. The van der Waals surface area contributed by atoms with Crippen molar-refractivity contribution in [2.24, 2.45) is 5.10 Å². The number of para-hydroxylation sites is 1. The minimum Gasteiger partial charge on any atom is -0.507 e. The summed E-state index contributed by atoms with van der Waals surface area (Å²) in [4.78, 5) is 12.5. The SMILES string of the molecule is C/C(=N\NC(=O)CSc1nnc(-c2ccc(Cl)cc2)n1C1CCCCC1)c1ccccc1O. The number of aromatic hydroxyl groups is 1. The van der Waals surface area contributed by atoms with Crippen LogP contribution in [0.2, 0.25) is 5.02 Å². The molecule has 0 spiro atoms. The van der Waals surface area contributed by atoms with Crippen molar-refractivity contribution in [1.29, 1.82) is 0 Å². The molecule has 9 heteroatoms. The molecule has 1 heterocycles. The van der Waals surface area contributed by atoms with Gasteiger partial charge in [-0.3, -0.25) is 9.36 Å². The second-order valence-electron chi connectivity index (χ2n) is 8.01. The summed E-state index contributed by atoms with van der Waals surface area (Å²) in [6.07, 6.45) is 5.74. The Hall–Kier alpha value is -2.84. The first-order chi connectivity index (χ1) is 16.0. The molecule has 1 aromatic heterocycles. The Labute approximate surface area is 202 Å². The molecular formula is C24H26ClN5O2S. The maximum absolute atomic E-state index is 12.5. The summed E-state index contributed by atoms with van der Waals surface area (Å²) in [5.74, 6) is 0.830. The van der Waals surface area contributed by atoms with E-state index in [1.165, 1.54) is 31.0 Å². The number of halogens is 1. The molecule has 0 unspecified atom stereocenters. The number of hydrazone groups is 1. The third-order valence-electron chi connectivity index (χ3n) is 5.68. The van der Waals surface area contributed by atoms with Crippen molar-refractivity contribution in [2.75, 3.05) is 5.75 Å². The van der Waals surface area contributed by atoms with Crippen LogP contribution in [-0.2, 0) is 4.79 Å². The van der Waals surface area contributed by atoms with E-state index in [-0.39, 0.29) is 17.4 Å². The number of aromatic nitrogens is 3. The molecule has 3 aromatic rings. The van der Waals surface area contributed by atoms with Crippen LogP contribution < -0.4 is 5.43 Å². The van der Waals surface area contributed by atoms with Gasteiger partial charge in [0.2, 0.25) is 0 Å². The fourth-order valence-corrected chi connectivity index (χ4v) is 4.91. The van der Waals surface area contributed by atoms with Gasteiger partial charge in [0.1, 0.15) is 5.75 Å². The number of phenolic OH excluding ortho intramolecular Hbond substituents is 1. The van der Waals surface area contributed by atoms with Gasteiger partial charge in [-0.05, 0) is 56.2 Å². The largest absolute Gasteiger partial charge is 0.507 e. The molecule has 1 amide bonds. The summed E-state index contributed by atoms with van der Waals surface area (Å²) in [6.45, 7) is 1.74. The lowest BCUT2D eigenvalue weighted by atomic mass is 9.95. The van der Waals surface area contributed by atoms with Crippen molar-refractivity contribution < 1.29 is 9.90 Å². The van der Waals surface area contributed by atoms with Gasteiger partial charge in [0.25, 0.3) is 5.91 Å². The Bertz CT molecular complexity index is 1140. The zero-order chi connectivity index (χ0) is 23.2. The fourth-order valence-electron chi connectivity index (χ4n) is 3.99. The van der Waals surface area contributed by atoms with Crippen LogP contribution in [0.25, 0.3) is 11.4 Å². The van der Waals surface area contributed by atoms with Gasteiger partial charge in [0.05, 0.1) is 11.5 Å². The number of carbonyl (C=O) groups excluding carboxylic acids is 1. The van der Waals surface area contributed by atoms with Crippen LogP contribution in [0.3, 0.4) is 0 Å². The van der Waals surface area contributed by atoms with Crippen LogP contribution in [0.15, 0.2) is 58.8 Å². The molecule has 0 saturated heterocycles. The lowest BCUT2D eigenvalue weighted by molar-refractivity contribution is -0.118. The zero-order valence-electron chi connectivity index (χ0n) is 18.4. The van der Waals surface area contributed by atoms with Crippen LogP contribution >= 0.6 is 23.4 Å². The minimum atomic E-state index is -0.249. The number of thioether (sulfide) groups is 1. The molecule has 2 aromatic carbocycles. The highest BCUT2D eigenvalue weighted by atomic mass is 35.5. The van der Waals surface area contributed by atoms with Gasteiger partial charge in [0, 0.05) is 22.2 Å². The summed E-state index contributed by atoms with van der Waals surface area (Å²) in [5, 5.41) is 24.3. The quantitative estimate of drug-likeness (QED) is 0.265. The number of amides is 1. The summed E-state index contributed by atoms with van der Waals surface area (Å²) in [5.41, 5.74) is 4.63. The van der Waals surface area contributed by atoms with E-state index in [2.05, 4.69) is 25.3 Å². The molecule has 0 aliphatic heterocycles. The predicted octanol–water partition coefficient (Wildman–Crippen LogP) is 5.44. The minimum absolute atomic E-state index is 0.123. The second-order valence-corrected chi connectivity index (χ2v) is 9.39. The number of phenols is 1. The molecule has 1 fully saturated rings. The Morgan fingerprint density at radius 3 is 2.61 bits per heavy atom. The van der Waals surface area contributed by atoms with Crippen LogP contribution in [0, 0.1) is 0 Å². The summed E-state index contributed by atoms with van der Waals surface area (Å²) in [7, 11) is 0. The van der Waals surface area contributed by atoms with E-state index in [0.29, 0.717) is 22.3 Å². The van der Waals surface area contributed by atoms with Crippen molar-refractivity contribution in [3.05, 3.63) is 59.1 Å². The van der Waals surface area contributed by atoms with Crippen LogP contribution in [-0.4, -0.2) is 37.2 Å². The van der Waals surface area contributed by atoms with Gasteiger partial charge in [-0.25, -0.2) is 5.43 Å². The van der Waals surface area contributed by atoms with Crippen LogP contribution in [0.4, 0.5) is 0 Å². The van der Waals surface area contributed by atoms with Crippen molar-refractivity contribution in [2.45, 2.75) is 50.2 Å². The van der Waals surface area contributed by atoms with E-state index in [9.17, 15) is 9.90 Å². The number of carbonyl (C=O) groups is 1. The average molecular weight is 484 g/mol. The maximum atomic E-state index is 12.5. The number of rotatable bonds is 7. The molecule has 1 saturated carbocycles. The molecule has 7 nitrogen and oxygen atoms in total. The first-order valence-corrected chi connectivity index (χ1v) is 12.3. The van der Waals surface area contributed by atoms with E-state index in [1.807, 2.05) is 30.3 Å². The number of nitrogens with zero attached hydrogens (tertiary/aromatic N) is 4. The highest BCUT2D eigenvalue weighted by Gasteiger charge is 2.24. The third-order valence-corrected chi connectivity index (χ3v) is 6.88. The van der Waals surface area contributed by atoms with Gasteiger partial charge in [0.15, 0.2) is 11.0 Å². The standard InChI is InChI=1S/C24H26ClN5O2S/c1-16(20-9-5-6-10-21(20)31)26-27-22(32)15-33-24-29-28-23(17-11-13-18(25)14-12-17)30(24)19-7-3-2-4-8-19/h5-6,9-14,19,31H,2-4,7-8,15H2,1H3,(H,27,32)/b26-16+. The molecule has 2 N–H and O–H groups in total. The highest BCUT2D eigenvalue weighted by Crippen LogP contribution is 2.35. The molecule has 33 heavy (non-hydrogen) atoms. The molecule has 4 rings (SSSR count). The Kier molecular flexibility index (Phi) is 7.67. The first kappa shape index (κ1) is 23.3. The lowest BCUT2D eigenvalue weighted by Crippen LogP contribution is -2.22. The van der Waals surface area contributed by atoms with Gasteiger partial charge >= 0.3 is 0 Å². The van der Waals surface area contributed by atoms with Crippen molar-refractivity contribution >= 4 is 35.0 Å². The Balaban J connectivity index is 1.48. The van der Waals surface area contributed by atoms with Gasteiger partial charge < -0.3 is 5.11 Å². The molecule has 1 aliphatic carbocycles. The summed E-state index contributed by atoms with van der Waals surface area (Å²) < 4.78 is 2.18. The molecule has 0 bridgehead atoms. The van der Waals surface area contributed by atoms with Crippen molar-refractivity contribution in [3.8, 4) is 17.1 Å². The van der Waals surface area contributed by atoms with E-state index in [0.717, 1.165) is 29.4 Å². The monoisotopic (exact) mass is 483 g/mol. The molecular weight excluding hydrogens is 458 g/mol. The Morgan fingerprint density at radius 2 is 1.88 bits per heavy atom. The normalized spacial score (nSPS) is 14.9. The lowest BCUT2D eigenvalue weighted by Gasteiger charge is -2.25. The third kappa shape index (κ3) is 5.75. The van der Waals surface area contributed by atoms with Crippen molar-refractivity contribution in [3.63, 3.8) is 0 Å². The summed E-state index contributed by atoms with van der Waals surface area (Å²) in [6, 6.07) is 14.8. The second kappa shape index (κ2) is 10.9. The average Bonchev–Trinajstić information content (AvgIpc) is 3.26. The number of hydrogen-bond acceptors (Lipinski definition) is 6. The topological polar surface area (TPSA) is 92.4 Å². The molecule has 1 aliphatic rings. The fraction of sp³-hybridized carbons (Fsp3) is 0.333. The maximum Gasteiger partial charge on any atom is 0.250 e. The van der Waals surface area contributed by atoms with Crippen LogP contribution in [0.1, 0.15) is 50.6 Å². The van der Waals surface area contributed by atoms with Gasteiger partial charge in [-0.1, -0.05) is 54.8 Å².